The molecule has 25 heavy (non-hydrogen) atoms. The molecule has 0 radical (unpaired) electrons. The molecule has 1 atom stereocenters. The van der Waals surface area contributed by atoms with Crippen molar-refractivity contribution in [2.24, 2.45) is 0 Å². The van der Waals surface area contributed by atoms with Crippen molar-refractivity contribution in [2.75, 3.05) is 27.2 Å². The SMILES string of the molecule is CCCCCCCCCCCCCCC(O)C[N+](C)(C)CCC(=O)O. The van der Waals surface area contributed by atoms with E-state index < -0.39 is 5.97 Å². The lowest BCUT2D eigenvalue weighted by molar-refractivity contribution is -0.892. The highest BCUT2D eigenvalue weighted by Crippen LogP contribution is 2.14. The number of carboxylic acid groups (broad SMARTS) is 1. The quantitative estimate of drug-likeness (QED) is 0.268. The fourth-order valence-corrected chi connectivity index (χ4v) is 3.37. The molecule has 4 nitrogen and oxygen atoms in total. The number of carboxylic acids is 1. The van der Waals surface area contributed by atoms with Crippen LogP contribution in [0, 0.1) is 0 Å². The van der Waals surface area contributed by atoms with Crippen molar-refractivity contribution in [3.8, 4) is 0 Å². The van der Waals surface area contributed by atoms with E-state index >= 15 is 0 Å². The van der Waals surface area contributed by atoms with Gasteiger partial charge in [-0.05, 0) is 6.42 Å². The minimum Gasteiger partial charge on any atom is -0.481 e. The summed E-state index contributed by atoms with van der Waals surface area (Å²) >= 11 is 0. The number of hydrogen-bond acceptors (Lipinski definition) is 2. The standard InChI is InChI=1S/C21H43NO3/c1-4-5-6-7-8-9-10-11-12-13-14-15-16-20(23)19-22(2,3)18-17-21(24)25/h20,23H,4-19H2,1-3H3/p+1. The summed E-state index contributed by atoms with van der Waals surface area (Å²) in [5, 5.41) is 18.9. The van der Waals surface area contributed by atoms with Gasteiger partial charge in [0.15, 0.2) is 0 Å². The maximum Gasteiger partial charge on any atom is 0.309 e. The summed E-state index contributed by atoms with van der Waals surface area (Å²) in [4.78, 5) is 10.7. The Hall–Kier alpha value is -0.610. The predicted octanol–water partition coefficient (Wildman–Crippen LogP) is 4.99. The molecule has 0 aliphatic rings. The van der Waals surface area contributed by atoms with Gasteiger partial charge in [0.2, 0.25) is 0 Å². The van der Waals surface area contributed by atoms with Gasteiger partial charge in [0, 0.05) is 0 Å². The maximum absolute atomic E-state index is 10.7. The van der Waals surface area contributed by atoms with Gasteiger partial charge in [-0.25, -0.2) is 0 Å². The van der Waals surface area contributed by atoms with Crippen LogP contribution in [-0.4, -0.2) is 54.0 Å². The van der Waals surface area contributed by atoms with Crippen LogP contribution in [0.15, 0.2) is 0 Å². The molecule has 4 heteroatoms. The van der Waals surface area contributed by atoms with E-state index in [0.717, 1.165) is 12.8 Å². The van der Waals surface area contributed by atoms with Gasteiger partial charge in [-0.15, -0.1) is 0 Å². The molecular formula is C21H44NO3+. The van der Waals surface area contributed by atoms with Gasteiger partial charge in [0.05, 0.1) is 27.1 Å². The Balaban J connectivity index is 3.42. The molecule has 2 N–H and O–H groups in total. The van der Waals surface area contributed by atoms with Crippen LogP contribution in [0.4, 0.5) is 0 Å². The van der Waals surface area contributed by atoms with Crippen LogP contribution in [0.3, 0.4) is 0 Å². The monoisotopic (exact) mass is 358 g/mol. The first kappa shape index (κ1) is 24.4. The van der Waals surface area contributed by atoms with Crippen LogP contribution in [0.25, 0.3) is 0 Å². The van der Waals surface area contributed by atoms with E-state index in [2.05, 4.69) is 6.92 Å². The molecule has 0 saturated carbocycles. The molecule has 0 aromatic heterocycles. The summed E-state index contributed by atoms with van der Waals surface area (Å²) in [5.41, 5.74) is 0. The van der Waals surface area contributed by atoms with Gasteiger partial charge in [-0.1, -0.05) is 84.0 Å². The lowest BCUT2D eigenvalue weighted by Crippen LogP contribution is -2.46. The van der Waals surface area contributed by atoms with Crippen LogP contribution in [-0.2, 0) is 4.79 Å². The first-order chi connectivity index (χ1) is 11.9. The van der Waals surface area contributed by atoms with Crippen molar-refractivity contribution in [2.45, 2.75) is 103 Å². The fourth-order valence-electron chi connectivity index (χ4n) is 3.37. The lowest BCUT2D eigenvalue weighted by Gasteiger charge is -2.31. The third-order valence-corrected chi connectivity index (χ3v) is 5.03. The highest BCUT2D eigenvalue weighted by molar-refractivity contribution is 5.66. The summed E-state index contributed by atoms with van der Waals surface area (Å²) < 4.78 is 0.575. The molecule has 0 aromatic rings. The van der Waals surface area contributed by atoms with Gasteiger partial charge >= 0.3 is 5.97 Å². The average Bonchev–Trinajstić information content (AvgIpc) is 2.53. The molecule has 0 bridgehead atoms. The third-order valence-electron chi connectivity index (χ3n) is 5.03. The van der Waals surface area contributed by atoms with Crippen LogP contribution >= 0.6 is 0 Å². The minimum atomic E-state index is -0.762. The van der Waals surface area contributed by atoms with Crippen molar-refractivity contribution in [3.05, 3.63) is 0 Å². The summed E-state index contributed by atoms with van der Waals surface area (Å²) in [7, 11) is 3.99. The van der Waals surface area contributed by atoms with E-state index in [1.807, 2.05) is 14.1 Å². The van der Waals surface area contributed by atoms with Crippen LogP contribution in [0.5, 0.6) is 0 Å². The van der Waals surface area contributed by atoms with Gasteiger partial charge in [-0.2, -0.15) is 0 Å². The van der Waals surface area contributed by atoms with Crippen LogP contribution < -0.4 is 0 Å². The number of aliphatic carboxylic acids is 1. The van der Waals surface area contributed by atoms with Crippen molar-refractivity contribution in [1.82, 2.24) is 0 Å². The molecular weight excluding hydrogens is 314 g/mol. The summed E-state index contributed by atoms with van der Waals surface area (Å²) in [6.07, 6.45) is 16.6. The molecule has 0 rings (SSSR count). The van der Waals surface area contributed by atoms with Gasteiger partial charge < -0.3 is 14.7 Å². The van der Waals surface area contributed by atoms with Crippen molar-refractivity contribution < 1.29 is 19.5 Å². The molecule has 0 aliphatic carbocycles. The molecule has 0 amide bonds. The Bertz CT molecular complexity index is 318. The van der Waals surface area contributed by atoms with Gasteiger partial charge in [-0.3, -0.25) is 4.79 Å². The van der Waals surface area contributed by atoms with Crippen LogP contribution in [0.2, 0.25) is 0 Å². The zero-order valence-electron chi connectivity index (χ0n) is 17.1. The largest absolute Gasteiger partial charge is 0.481 e. The molecule has 0 fully saturated rings. The number of aliphatic hydroxyl groups is 1. The molecule has 150 valence electrons. The number of quaternary nitrogens is 1. The minimum absolute atomic E-state index is 0.165. The molecule has 1 unspecified atom stereocenters. The predicted molar refractivity (Wildman–Crippen MR) is 106 cm³/mol. The maximum atomic E-state index is 10.7. The number of aliphatic hydroxyl groups excluding tert-OH is 1. The number of nitrogens with zero attached hydrogens (tertiary/aromatic N) is 1. The van der Waals surface area contributed by atoms with E-state index in [1.54, 1.807) is 0 Å². The number of rotatable bonds is 18. The van der Waals surface area contributed by atoms with Gasteiger partial charge in [0.1, 0.15) is 12.6 Å². The number of carbonyl (C=O) groups is 1. The first-order valence-electron chi connectivity index (χ1n) is 10.6. The lowest BCUT2D eigenvalue weighted by atomic mass is 10.0. The van der Waals surface area contributed by atoms with E-state index in [9.17, 15) is 9.90 Å². The molecule has 0 heterocycles. The van der Waals surface area contributed by atoms with E-state index in [-0.39, 0.29) is 12.5 Å². The highest BCUT2D eigenvalue weighted by atomic mass is 16.4. The Morgan fingerprint density at radius 3 is 1.72 bits per heavy atom. The zero-order valence-corrected chi connectivity index (χ0v) is 17.1. The topological polar surface area (TPSA) is 57.5 Å². The second kappa shape index (κ2) is 15.6. The smallest absolute Gasteiger partial charge is 0.309 e. The normalized spacial score (nSPS) is 13.1. The van der Waals surface area contributed by atoms with Crippen molar-refractivity contribution in [3.63, 3.8) is 0 Å². The Morgan fingerprint density at radius 1 is 0.840 bits per heavy atom. The highest BCUT2D eigenvalue weighted by Gasteiger charge is 2.21. The third kappa shape index (κ3) is 18.0. The van der Waals surface area contributed by atoms with E-state index in [4.69, 9.17) is 5.11 Å². The van der Waals surface area contributed by atoms with Gasteiger partial charge in [0.25, 0.3) is 0 Å². The van der Waals surface area contributed by atoms with E-state index in [0.29, 0.717) is 17.6 Å². The summed E-state index contributed by atoms with van der Waals surface area (Å²) in [5.74, 6) is -0.762. The molecule has 0 aromatic carbocycles. The molecule has 0 spiro atoms. The first-order valence-corrected chi connectivity index (χ1v) is 10.6. The number of hydrogen-bond donors (Lipinski definition) is 2. The fraction of sp³-hybridized carbons (Fsp3) is 0.952. The zero-order chi connectivity index (χ0) is 19.0. The second-order valence-corrected chi connectivity index (χ2v) is 8.32. The van der Waals surface area contributed by atoms with Crippen molar-refractivity contribution >= 4 is 5.97 Å². The van der Waals surface area contributed by atoms with Crippen LogP contribution in [0.1, 0.15) is 96.8 Å². The molecule has 0 aliphatic heterocycles. The summed E-state index contributed by atoms with van der Waals surface area (Å²) in [6, 6.07) is 0. The van der Waals surface area contributed by atoms with E-state index in [1.165, 1.54) is 70.6 Å². The number of unbranched alkanes of at least 4 members (excludes halogenated alkanes) is 11. The summed E-state index contributed by atoms with van der Waals surface area (Å²) in [6.45, 7) is 3.48. The Morgan fingerprint density at radius 2 is 1.28 bits per heavy atom. The molecule has 0 saturated heterocycles. The Kier molecular flexibility index (Phi) is 15.2. The van der Waals surface area contributed by atoms with Crippen molar-refractivity contribution in [1.29, 1.82) is 0 Å². The average molecular weight is 359 g/mol. The Labute approximate surface area is 156 Å². The second-order valence-electron chi connectivity index (χ2n) is 8.32. The number of likely N-dealkylation sites (N-methyl/N-ethyl adjacent to an activating group) is 1.